The number of nitrogens with zero attached hydrogens (tertiary/aromatic N) is 1. The molecule has 0 unspecified atom stereocenters. The van der Waals surface area contributed by atoms with Crippen LogP contribution in [0.2, 0.25) is 0 Å². The van der Waals surface area contributed by atoms with Crippen LogP contribution in [0, 0.1) is 0 Å². The predicted octanol–water partition coefficient (Wildman–Crippen LogP) is 1.75. The molecule has 1 heterocycles. The van der Waals surface area contributed by atoms with Gasteiger partial charge in [0, 0.05) is 31.0 Å². The largest absolute Gasteiger partial charge is 0.383 e. The first-order valence-electron chi connectivity index (χ1n) is 7.05. The Balaban J connectivity index is 2.25. The Hall–Kier alpha value is -0.260. The van der Waals surface area contributed by atoms with E-state index in [1.807, 2.05) is 0 Å². The molecule has 0 saturated carbocycles. The number of carbonyl (C=O) groups is 1. The molecule has 1 atom stereocenters. The van der Waals surface area contributed by atoms with Crippen molar-refractivity contribution in [2.24, 2.45) is 0 Å². The van der Waals surface area contributed by atoms with E-state index in [9.17, 15) is 4.79 Å². The van der Waals surface area contributed by atoms with Gasteiger partial charge in [-0.25, -0.2) is 0 Å². The zero-order valence-electron chi connectivity index (χ0n) is 12.7. The number of rotatable bonds is 6. The van der Waals surface area contributed by atoms with E-state index in [2.05, 4.69) is 31.0 Å². The number of likely N-dealkylation sites (tertiary alicyclic amines) is 1. The molecule has 19 heavy (non-hydrogen) atoms. The van der Waals surface area contributed by atoms with Crippen LogP contribution in [-0.4, -0.2) is 60.7 Å². The first-order valence-corrected chi connectivity index (χ1v) is 8.04. The zero-order chi connectivity index (χ0) is 14.3. The van der Waals surface area contributed by atoms with E-state index in [-0.39, 0.29) is 10.7 Å². The summed E-state index contributed by atoms with van der Waals surface area (Å²) in [5.41, 5.74) is 0. The standard InChI is InChI=1S/C14H28N2O2S/c1-14(2,3)19-11-13(17)15-12-6-5-7-16(10-12)8-9-18-4/h12H,5-11H2,1-4H3,(H,15,17)/t12-/m0/s1. The van der Waals surface area contributed by atoms with Gasteiger partial charge in [-0.2, -0.15) is 0 Å². The Morgan fingerprint density at radius 3 is 2.84 bits per heavy atom. The maximum Gasteiger partial charge on any atom is 0.230 e. The van der Waals surface area contributed by atoms with Gasteiger partial charge in [-0.1, -0.05) is 20.8 Å². The van der Waals surface area contributed by atoms with E-state index in [0.29, 0.717) is 11.8 Å². The van der Waals surface area contributed by atoms with E-state index < -0.39 is 0 Å². The minimum Gasteiger partial charge on any atom is -0.383 e. The van der Waals surface area contributed by atoms with Gasteiger partial charge in [-0.3, -0.25) is 9.69 Å². The summed E-state index contributed by atoms with van der Waals surface area (Å²) in [7, 11) is 1.73. The highest BCUT2D eigenvalue weighted by molar-refractivity contribution is 8.01. The third-order valence-electron chi connectivity index (χ3n) is 3.12. The molecule has 0 spiro atoms. The molecule has 1 N–H and O–H groups in total. The second-order valence-corrected chi connectivity index (χ2v) is 7.90. The summed E-state index contributed by atoms with van der Waals surface area (Å²) < 4.78 is 5.25. The van der Waals surface area contributed by atoms with Crippen LogP contribution in [0.5, 0.6) is 0 Å². The minimum absolute atomic E-state index is 0.147. The molecule has 0 aliphatic carbocycles. The average Bonchev–Trinajstić information content (AvgIpc) is 2.33. The molecule has 112 valence electrons. The van der Waals surface area contributed by atoms with Crippen molar-refractivity contribution in [2.75, 3.05) is 39.1 Å². The summed E-state index contributed by atoms with van der Waals surface area (Å²) in [5.74, 6) is 0.719. The molecule has 1 aliphatic rings. The van der Waals surface area contributed by atoms with Gasteiger partial charge in [0.15, 0.2) is 0 Å². The fourth-order valence-electron chi connectivity index (χ4n) is 2.15. The number of hydrogen-bond donors (Lipinski definition) is 1. The summed E-state index contributed by atoms with van der Waals surface area (Å²) in [6.45, 7) is 10.2. The summed E-state index contributed by atoms with van der Waals surface area (Å²) in [6.07, 6.45) is 2.25. The summed E-state index contributed by atoms with van der Waals surface area (Å²) >= 11 is 1.70. The Morgan fingerprint density at radius 2 is 2.21 bits per heavy atom. The fourth-order valence-corrected chi connectivity index (χ4v) is 2.80. The molecule has 1 aliphatic heterocycles. The maximum atomic E-state index is 11.9. The second kappa shape index (κ2) is 8.12. The Bertz CT molecular complexity index is 279. The van der Waals surface area contributed by atoms with Gasteiger partial charge >= 0.3 is 0 Å². The molecule has 0 aromatic heterocycles. The quantitative estimate of drug-likeness (QED) is 0.808. The lowest BCUT2D eigenvalue weighted by Gasteiger charge is -2.33. The van der Waals surface area contributed by atoms with E-state index >= 15 is 0 Å². The van der Waals surface area contributed by atoms with Gasteiger partial charge in [0.2, 0.25) is 5.91 Å². The van der Waals surface area contributed by atoms with Crippen molar-refractivity contribution in [3.05, 3.63) is 0 Å². The van der Waals surface area contributed by atoms with Gasteiger partial charge in [-0.05, 0) is 19.4 Å². The summed E-state index contributed by atoms with van der Waals surface area (Å²) in [5, 5.41) is 3.16. The average molecular weight is 288 g/mol. The molecule has 0 bridgehead atoms. The number of hydrogen-bond acceptors (Lipinski definition) is 4. The highest BCUT2D eigenvalue weighted by Crippen LogP contribution is 2.22. The molecule has 4 nitrogen and oxygen atoms in total. The molecular weight excluding hydrogens is 260 g/mol. The number of ether oxygens (including phenoxy) is 1. The van der Waals surface area contributed by atoms with Crippen LogP contribution < -0.4 is 5.32 Å². The Kier molecular flexibility index (Phi) is 7.18. The van der Waals surface area contributed by atoms with Gasteiger partial charge in [0.05, 0.1) is 12.4 Å². The lowest BCUT2D eigenvalue weighted by Crippen LogP contribution is -2.49. The monoisotopic (exact) mass is 288 g/mol. The molecule has 5 heteroatoms. The van der Waals surface area contributed by atoms with Gasteiger partial charge in [0.1, 0.15) is 0 Å². The van der Waals surface area contributed by atoms with Gasteiger partial charge in [-0.15, -0.1) is 11.8 Å². The molecule has 1 rings (SSSR count). The van der Waals surface area contributed by atoms with E-state index in [0.717, 1.165) is 39.1 Å². The number of piperidine rings is 1. The van der Waals surface area contributed by atoms with E-state index in [1.165, 1.54) is 0 Å². The predicted molar refractivity (Wildman–Crippen MR) is 81.7 cm³/mol. The fraction of sp³-hybridized carbons (Fsp3) is 0.929. The second-order valence-electron chi connectivity index (χ2n) is 6.10. The number of carbonyl (C=O) groups excluding carboxylic acids is 1. The van der Waals surface area contributed by atoms with Crippen molar-refractivity contribution in [3.63, 3.8) is 0 Å². The van der Waals surface area contributed by atoms with Crippen molar-refractivity contribution >= 4 is 17.7 Å². The topological polar surface area (TPSA) is 41.6 Å². The minimum atomic E-state index is 0.147. The molecule has 0 radical (unpaired) electrons. The Morgan fingerprint density at radius 1 is 1.47 bits per heavy atom. The maximum absolute atomic E-state index is 11.9. The highest BCUT2D eigenvalue weighted by Gasteiger charge is 2.21. The molecule has 1 fully saturated rings. The zero-order valence-corrected chi connectivity index (χ0v) is 13.5. The number of amides is 1. The molecular formula is C14H28N2O2S. The lowest BCUT2D eigenvalue weighted by atomic mass is 10.1. The molecule has 1 amide bonds. The normalized spacial score (nSPS) is 21.4. The first-order chi connectivity index (χ1) is 8.90. The van der Waals surface area contributed by atoms with Crippen molar-refractivity contribution in [1.29, 1.82) is 0 Å². The SMILES string of the molecule is COCCN1CCC[C@H](NC(=O)CSC(C)(C)C)C1. The van der Waals surface area contributed by atoms with Gasteiger partial charge < -0.3 is 10.1 Å². The summed E-state index contributed by atoms with van der Waals surface area (Å²) in [6, 6.07) is 0.304. The smallest absolute Gasteiger partial charge is 0.230 e. The van der Waals surface area contributed by atoms with Crippen molar-refractivity contribution in [3.8, 4) is 0 Å². The molecule has 1 saturated heterocycles. The van der Waals surface area contributed by atoms with E-state index in [4.69, 9.17) is 4.74 Å². The van der Waals surface area contributed by atoms with Crippen LogP contribution in [0.4, 0.5) is 0 Å². The lowest BCUT2D eigenvalue weighted by molar-refractivity contribution is -0.119. The van der Waals surface area contributed by atoms with Crippen molar-refractivity contribution in [2.45, 2.75) is 44.4 Å². The van der Waals surface area contributed by atoms with Gasteiger partial charge in [0.25, 0.3) is 0 Å². The van der Waals surface area contributed by atoms with Crippen molar-refractivity contribution < 1.29 is 9.53 Å². The van der Waals surface area contributed by atoms with Crippen LogP contribution in [0.3, 0.4) is 0 Å². The number of nitrogens with one attached hydrogen (secondary N) is 1. The van der Waals surface area contributed by atoms with Crippen LogP contribution in [0.15, 0.2) is 0 Å². The van der Waals surface area contributed by atoms with Crippen molar-refractivity contribution in [1.82, 2.24) is 10.2 Å². The molecule has 0 aromatic carbocycles. The van der Waals surface area contributed by atoms with Crippen LogP contribution in [0.1, 0.15) is 33.6 Å². The van der Waals surface area contributed by atoms with E-state index in [1.54, 1.807) is 18.9 Å². The third-order valence-corrected chi connectivity index (χ3v) is 4.39. The first kappa shape index (κ1) is 16.8. The third kappa shape index (κ3) is 7.80. The van der Waals surface area contributed by atoms with Crippen LogP contribution in [-0.2, 0) is 9.53 Å². The number of methoxy groups -OCH3 is 1. The summed E-state index contributed by atoms with van der Waals surface area (Å²) in [4.78, 5) is 14.3. The number of thioether (sulfide) groups is 1. The Labute approximate surface area is 121 Å². The van der Waals surface area contributed by atoms with Crippen LogP contribution in [0.25, 0.3) is 0 Å². The highest BCUT2D eigenvalue weighted by atomic mass is 32.2. The molecule has 0 aromatic rings. The van der Waals surface area contributed by atoms with Crippen LogP contribution >= 0.6 is 11.8 Å².